The summed E-state index contributed by atoms with van der Waals surface area (Å²) in [5.41, 5.74) is 0. The Morgan fingerprint density at radius 3 is 2.25 bits per heavy atom. The average molecular weight is 229 g/mol. The third kappa shape index (κ3) is 8.72. The molecular weight excluding hydrogens is 202 g/mol. The van der Waals surface area contributed by atoms with Gasteiger partial charge in [-0.1, -0.05) is 52.9 Å². The smallest absolute Gasteiger partial charge is 0.224 e. The summed E-state index contributed by atoms with van der Waals surface area (Å²) in [6.45, 7) is 5.85. The number of amides is 1. The molecular formula is C13H27NO2. The zero-order chi connectivity index (χ0) is 12.4. The van der Waals surface area contributed by atoms with Gasteiger partial charge in [0.2, 0.25) is 5.91 Å². The van der Waals surface area contributed by atoms with E-state index in [1.165, 1.54) is 25.7 Å². The summed E-state index contributed by atoms with van der Waals surface area (Å²) < 4.78 is 0. The molecule has 0 aromatic rings. The van der Waals surface area contributed by atoms with Gasteiger partial charge in [0.25, 0.3) is 0 Å². The molecule has 16 heavy (non-hydrogen) atoms. The van der Waals surface area contributed by atoms with Gasteiger partial charge in [0.05, 0.1) is 0 Å². The van der Waals surface area contributed by atoms with Crippen molar-refractivity contribution in [1.82, 2.24) is 5.32 Å². The maximum absolute atomic E-state index is 11.3. The van der Waals surface area contributed by atoms with Gasteiger partial charge >= 0.3 is 0 Å². The third-order valence-electron chi connectivity index (χ3n) is 2.66. The first-order chi connectivity index (χ1) is 7.57. The lowest BCUT2D eigenvalue weighted by molar-refractivity contribution is -0.127. The summed E-state index contributed by atoms with van der Waals surface area (Å²) in [5.74, 6) is -0.127. The van der Waals surface area contributed by atoms with Crippen molar-refractivity contribution in [3.8, 4) is 0 Å². The van der Waals surface area contributed by atoms with Crippen molar-refractivity contribution in [2.75, 3.05) is 0 Å². The van der Waals surface area contributed by atoms with E-state index < -0.39 is 6.23 Å². The highest BCUT2D eigenvalue weighted by Crippen LogP contribution is 2.08. The Bertz CT molecular complexity index is 181. The average Bonchev–Trinajstić information content (AvgIpc) is 2.23. The van der Waals surface area contributed by atoms with Gasteiger partial charge in [-0.2, -0.15) is 0 Å². The van der Waals surface area contributed by atoms with Gasteiger partial charge in [0.15, 0.2) is 0 Å². The van der Waals surface area contributed by atoms with Crippen LogP contribution in [0.3, 0.4) is 0 Å². The Labute approximate surface area is 99.6 Å². The fraction of sp³-hybridized carbons (Fsp3) is 0.923. The molecule has 0 spiro atoms. The van der Waals surface area contributed by atoms with Gasteiger partial charge in [-0.15, -0.1) is 0 Å². The molecule has 1 atom stereocenters. The van der Waals surface area contributed by atoms with Gasteiger partial charge < -0.3 is 10.4 Å². The van der Waals surface area contributed by atoms with Crippen molar-refractivity contribution in [2.45, 2.75) is 71.9 Å². The molecule has 0 saturated carbocycles. The van der Waals surface area contributed by atoms with Crippen LogP contribution in [0.1, 0.15) is 65.7 Å². The quantitative estimate of drug-likeness (QED) is 0.472. The molecule has 0 fully saturated rings. The molecule has 0 rings (SSSR count). The maximum atomic E-state index is 11.3. The maximum Gasteiger partial charge on any atom is 0.224 e. The first-order valence-electron chi connectivity index (χ1n) is 6.56. The predicted molar refractivity (Wildman–Crippen MR) is 67.0 cm³/mol. The number of unbranched alkanes of at least 4 members (excludes halogenated alkanes) is 5. The van der Waals surface area contributed by atoms with E-state index in [4.69, 9.17) is 0 Å². The van der Waals surface area contributed by atoms with E-state index >= 15 is 0 Å². The Morgan fingerprint density at radius 2 is 1.69 bits per heavy atom. The summed E-state index contributed by atoms with van der Waals surface area (Å²) in [6.07, 6.45) is 7.22. The van der Waals surface area contributed by atoms with Crippen LogP contribution in [-0.4, -0.2) is 17.2 Å². The number of hydrogen-bond acceptors (Lipinski definition) is 2. The molecule has 3 nitrogen and oxygen atoms in total. The zero-order valence-corrected chi connectivity index (χ0v) is 11.0. The van der Waals surface area contributed by atoms with E-state index in [0.29, 0.717) is 6.42 Å². The predicted octanol–water partition coefficient (Wildman–Crippen LogP) is 2.83. The molecule has 0 radical (unpaired) electrons. The number of aliphatic hydroxyl groups is 1. The summed E-state index contributed by atoms with van der Waals surface area (Å²) in [4.78, 5) is 11.3. The largest absolute Gasteiger partial charge is 0.374 e. The van der Waals surface area contributed by atoms with Crippen LogP contribution in [-0.2, 0) is 4.79 Å². The third-order valence-corrected chi connectivity index (χ3v) is 2.66. The molecule has 0 saturated heterocycles. The van der Waals surface area contributed by atoms with Gasteiger partial charge in [0.1, 0.15) is 6.23 Å². The molecule has 96 valence electrons. The Kier molecular flexibility index (Phi) is 9.30. The van der Waals surface area contributed by atoms with Crippen LogP contribution in [0, 0.1) is 5.92 Å². The molecule has 0 aliphatic carbocycles. The lowest BCUT2D eigenvalue weighted by Gasteiger charge is -2.14. The lowest BCUT2D eigenvalue weighted by Crippen LogP contribution is -2.37. The Morgan fingerprint density at radius 1 is 1.12 bits per heavy atom. The van der Waals surface area contributed by atoms with E-state index in [-0.39, 0.29) is 11.8 Å². The van der Waals surface area contributed by atoms with Crippen molar-refractivity contribution in [3.05, 3.63) is 0 Å². The summed E-state index contributed by atoms with van der Waals surface area (Å²) >= 11 is 0. The van der Waals surface area contributed by atoms with Gasteiger partial charge in [-0.25, -0.2) is 0 Å². The van der Waals surface area contributed by atoms with Crippen molar-refractivity contribution in [3.63, 3.8) is 0 Å². The minimum atomic E-state index is -0.666. The summed E-state index contributed by atoms with van der Waals surface area (Å²) in [6, 6.07) is 0. The van der Waals surface area contributed by atoms with Crippen LogP contribution in [0.25, 0.3) is 0 Å². The van der Waals surface area contributed by atoms with Crippen molar-refractivity contribution < 1.29 is 9.90 Å². The summed E-state index contributed by atoms with van der Waals surface area (Å²) in [5, 5.41) is 12.1. The first-order valence-corrected chi connectivity index (χ1v) is 6.56. The molecule has 1 amide bonds. The van der Waals surface area contributed by atoms with Crippen molar-refractivity contribution in [1.29, 1.82) is 0 Å². The van der Waals surface area contributed by atoms with Gasteiger partial charge in [-0.05, 0) is 12.8 Å². The molecule has 0 aliphatic rings. The fourth-order valence-electron chi connectivity index (χ4n) is 1.52. The zero-order valence-electron chi connectivity index (χ0n) is 11.0. The number of rotatable bonds is 9. The van der Waals surface area contributed by atoms with Crippen LogP contribution in [0.2, 0.25) is 0 Å². The van der Waals surface area contributed by atoms with Crippen molar-refractivity contribution >= 4 is 5.91 Å². The number of hydrogen-bond donors (Lipinski definition) is 2. The number of nitrogens with one attached hydrogen (secondary N) is 1. The minimum absolute atomic E-state index is 0.0563. The van der Waals surface area contributed by atoms with Gasteiger partial charge in [0, 0.05) is 5.92 Å². The van der Waals surface area contributed by atoms with E-state index in [9.17, 15) is 9.90 Å². The second-order valence-electron chi connectivity index (χ2n) is 4.74. The summed E-state index contributed by atoms with van der Waals surface area (Å²) in [7, 11) is 0. The highest BCUT2D eigenvalue weighted by atomic mass is 16.3. The lowest BCUT2D eigenvalue weighted by atomic mass is 10.1. The van der Waals surface area contributed by atoms with Crippen LogP contribution in [0.5, 0.6) is 0 Å². The first kappa shape index (κ1) is 15.4. The normalized spacial score (nSPS) is 12.8. The van der Waals surface area contributed by atoms with E-state index in [1.54, 1.807) is 0 Å². The Balaban J connectivity index is 3.37. The SMILES string of the molecule is CCCCCCCCC(O)NC(=O)C(C)C. The van der Waals surface area contributed by atoms with Crippen LogP contribution < -0.4 is 5.32 Å². The topological polar surface area (TPSA) is 49.3 Å². The molecule has 0 heterocycles. The molecule has 3 heteroatoms. The second-order valence-corrected chi connectivity index (χ2v) is 4.74. The minimum Gasteiger partial charge on any atom is -0.374 e. The van der Waals surface area contributed by atoms with Crippen LogP contribution in [0.4, 0.5) is 0 Å². The molecule has 0 aliphatic heterocycles. The monoisotopic (exact) mass is 229 g/mol. The highest BCUT2D eigenvalue weighted by Gasteiger charge is 2.11. The van der Waals surface area contributed by atoms with Gasteiger partial charge in [-0.3, -0.25) is 4.79 Å². The molecule has 0 aromatic heterocycles. The van der Waals surface area contributed by atoms with Crippen LogP contribution >= 0.6 is 0 Å². The second kappa shape index (κ2) is 9.64. The molecule has 2 N–H and O–H groups in total. The van der Waals surface area contributed by atoms with E-state index in [0.717, 1.165) is 12.8 Å². The Hall–Kier alpha value is -0.570. The molecule has 1 unspecified atom stereocenters. The highest BCUT2D eigenvalue weighted by molar-refractivity contribution is 5.77. The molecule has 0 bridgehead atoms. The molecule has 0 aromatic carbocycles. The number of carbonyl (C=O) groups is 1. The number of carbonyl (C=O) groups excluding carboxylic acids is 1. The van der Waals surface area contributed by atoms with E-state index in [1.807, 2.05) is 13.8 Å². The standard InChI is InChI=1S/C13H27NO2/c1-4-5-6-7-8-9-10-12(15)14-13(16)11(2)3/h11-12,15H,4-10H2,1-3H3,(H,14,16). The van der Waals surface area contributed by atoms with Crippen LogP contribution in [0.15, 0.2) is 0 Å². The number of aliphatic hydroxyl groups excluding tert-OH is 1. The van der Waals surface area contributed by atoms with E-state index in [2.05, 4.69) is 12.2 Å². The fourth-order valence-corrected chi connectivity index (χ4v) is 1.52. The van der Waals surface area contributed by atoms with Crippen molar-refractivity contribution in [2.24, 2.45) is 5.92 Å².